The standard InChI is InChI=1S/C21H23FN6O2/c1-3-6-17(19(24)30)28(2)21-15(22)10-14(18(23)29)20(27-21)26-13-9-12-7-4-5-8-16(12)25-11-13/h4-5,7-11,17H,3,6H2,1-2H3,(H2,23,29)(H2,24,30)(H,26,27). The van der Waals surface area contributed by atoms with Crippen LogP contribution in [0.5, 0.6) is 0 Å². The molecule has 9 heteroatoms. The summed E-state index contributed by atoms with van der Waals surface area (Å²) in [4.78, 5) is 33.7. The maximum absolute atomic E-state index is 14.7. The second-order valence-electron chi connectivity index (χ2n) is 6.91. The number of anilines is 3. The molecule has 156 valence electrons. The number of para-hydroxylation sites is 1. The number of primary amides is 2. The van der Waals surface area contributed by atoms with Gasteiger partial charge in [0.2, 0.25) is 5.91 Å². The Morgan fingerprint density at radius 1 is 1.23 bits per heavy atom. The molecule has 1 aromatic carbocycles. The molecule has 2 aromatic heterocycles. The first-order valence-electron chi connectivity index (χ1n) is 9.46. The maximum Gasteiger partial charge on any atom is 0.252 e. The van der Waals surface area contributed by atoms with Crippen molar-refractivity contribution < 1.29 is 14.0 Å². The molecule has 3 rings (SSSR count). The zero-order valence-corrected chi connectivity index (χ0v) is 16.7. The number of likely N-dealkylation sites (N-methyl/N-ethyl adjacent to an activating group) is 1. The van der Waals surface area contributed by atoms with E-state index in [-0.39, 0.29) is 17.2 Å². The molecule has 3 aromatic rings. The lowest BCUT2D eigenvalue weighted by Gasteiger charge is -2.27. The highest BCUT2D eigenvalue weighted by atomic mass is 19.1. The number of benzene rings is 1. The van der Waals surface area contributed by atoms with Gasteiger partial charge in [-0.2, -0.15) is 0 Å². The highest BCUT2D eigenvalue weighted by Gasteiger charge is 2.26. The Kier molecular flexibility index (Phi) is 6.10. The summed E-state index contributed by atoms with van der Waals surface area (Å²) in [5.41, 5.74) is 12.1. The fraction of sp³-hybridized carbons (Fsp3) is 0.238. The SMILES string of the molecule is CCCC(C(N)=O)N(C)c1nc(Nc2cnc3ccccc3c2)c(C(N)=O)cc1F. The van der Waals surface area contributed by atoms with E-state index in [1.807, 2.05) is 37.3 Å². The Labute approximate surface area is 173 Å². The maximum atomic E-state index is 14.7. The van der Waals surface area contributed by atoms with E-state index in [0.717, 1.165) is 17.0 Å². The molecular formula is C21H23FN6O2. The van der Waals surface area contributed by atoms with Crippen LogP contribution in [0.3, 0.4) is 0 Å². The van der Waals surface area contributed by atoms with Gasteiger partial charge in [-0.3, -0.25) is 14.6 Å². The molecule has 2 amide bonds. The average molecular weight is 410 g/mol. The minimum absolute atomic E-state index is 0.0579. The molecule has 0 saturated carbocycles. The Hall–Kier alpha value is -3.75. The van der Waals surface area contributed by atoms with E-state index in [2.05, 4.69) is 15.3 Å². The molecule has 1 atom stereocenters. The molecule has 0 fully saturated rings. The quantitative estimate of drug-likeness (QED) is 0.524. The first-order valence-corrected chi connectivity index (χ1v) is 9.46. The minimum atomic E-state index is -0.841. The van der Waals surface area contributed by atoms with Crippen LogP contribution in [0.25, 0.3) is 10.9 Å². The number of hydrogen-bond acceptors (Lipinski definition) is 6. The van der Waals surface area contributed by atoms with Crippen LogP contribution in [0.1, 0.15) is 30.1 Å². The number of nitrogens with one attached hydrogen (secondary N) is 1. The molecule has 0 aliphatic carbocycles. The van der Waals surface area contributed by atoms with Gasteiger partial charge in [0.15, 0.2) is 11.6 Å². The van der Waals surface area contributed by atoms with E-state index in [1.165, 1.54) is 11.9 Å². The first-order chi connectivity index (χ1) is 14.3. The Morgan fingerprint density at radius 3 is 2.63 bits per heavy atom. The molecule has 0 spiro atoms. The van der Waals surface area contributed by atoms with Gasteiger partial charge in [0.25, 0.3) is 5.91 Å². The number of carbonyl (C=O) groups excluding carboxylic acids is 2. The van der Waals surface area contributed by atoms with Crippen molar-refractivity contribution in [2.24, 2.45) is 11.5 Å². The van der Waals surface area contributed by atoms with Crippen LogP contribution in [-0.2, 0) is 4.79 Å². The Balaban J connectivity index is 2.04. The zero-order chi connectivity index (χ0) is 21.8. The fourth-order valence-corrected chi connectivity index (χ4v) is 3.23. The molecule has 0 bridgehead atoms. The van der Waals surface area contributed by atoms with Crippen molar-refractivity contribution >= 4 is 40.0 Å². The summed E-state index contributed by atoms with van der Waals surface area (Å²) in [6.07, 6.45) is 2.68. The molecule has 0 aliphatic heterocycles. The van der Waals surface area contributed by atoms with Crippen molar-refractivity contribution in [3.63, 3.8) is 0 Å². The van der Waals surface area contributed by atoms with Crippen molar-refractivity contribution in [2.45, 2.75) is 25.8 Å². The number of aromatic nitrogens is 2. The summed E-state index contributed by atoms with van der Waals surface area (Å²) >= 11 is 0. The zero-order valence-electron chi connectivity index (χ0n) is 16.7. The number of nitrogens with zero attached hydrogens (tertiary/aromatic N) is 3. The normalized spacial score (nSPS) is 11.8. The van der Waals surface area contributed by atoms with Crippen LogP contribution >= 0.6 is 0 Å². The molecule has 0 saturated heterocycles. The number of halogens is 1. The average Bonchev–Trinajstić information content (AvgIpc) is 2.72. The number of pyridine rings is 2. The number of nitrogens with two attached hydrogens (primary N) is 2. The van der Waals surface area contributed by atoms with Gasteiger partial charge in [0.1, 0.15) is 11.9 Å². The van der Waals surface area contributed by atoms with Gasteiger partial charge in [0, 0.05) is 12.4 Å². The summed E-state index contributed by atoms with van der Waals surface area (Å²) in [5, 5.41) is 3.86. The number of rotatable bonds is 8. The van der Waals surface area contributed by atoms with Crippen LogP contribution < -0.4 is 21.7 Å². The number of hydrogen-bond donors (Lipinski definition) is 3. The van der Waals surface area contributed by atoms with Crippen LogP contribution in [0, 0.1) is 5.82 Å². The second kappa shape index (κ2) is 8.73. The van der Waals surface area contributed by atoms with E-state index in [1.54, 1.807) is 6.20 Å². The molecule has 2 heterocycles. The van der Waals surface area contributed by atoms with E-state index in [4.69, 9.17) is 11.5 Å². The molecule has 5 N–H and O–H groups in total. The molecule has 0 radical (unpaired) electrons. The van der Waals surface area contributed by atoms with Crippen molar-refractivity contribution in [3.8, 4) is 0 Å². The summed E-state index contributed by atoms with van der Waals surface area (Å²) in [6.45, 7) is 1.89. The van der Waals surface area contributed by atoms with Gasteiger partial charge < -0.3 is 21.7 Å². The smallest absolute Gasteiger partial charge is 0.252 e. The Morgan fingerprint density at radius 2 is 1.97 bits per heavy atom. The van der Waals surface area contributed by atoms with Gasteiger partial charge in [-0.25, -0.2) is 9.37 Å². The van der Waals surface area contributed by atoms with Gasteiger partial charge in [-0.15, -0.1) is 0 Å². The van der Waals surface area contributed by atoms with Gasteiger partial charge in [-0.1, -0.05) is 31.5 Å². The van der Waals surface area contributed by atoms with Crippen LogP contribution in [0.4, 0.5) is 21.7 Å². The number of carbonyl (C=O) groups is 2. The lowest BCUT2D eigenvalue weighted by Crippen LogP contribution is -2.43. The molecule has 0 aliphatic rings. The van der Waals surface area contributed by atoms with Crippen molar-refractivity contribution in [1.82, 2.24) is 9.97 Å². The predicted molar refractivity (Wildman–Crippen MR) is 114 cm³/mol. The summed E-state index contributed by atoms with van der Waals surface area (Å²) < 4.78 is 14.7. The molecule has 8 nitrogen and oxygen atoms in total. The van der Waals surface area contributed by atoms with Crippen molar-refractivity contribution in [2.75, 3.05) is 17.3 Å². The molecule has 30 heavy (non-hydrogen) atoms. The lowest BCUT2D eigenvalue weighted by molar-refractivity contribution is -0.119. The van der Waals surface area contributed by atoms with E-state index in [9.17, 15) is 14.0 Å². The van der Waals surface area contributed by atoms with Gasteiger partial charge in [-0.05, 0) is 24.6 Å². The highest BCUT2D eigenvalue weighted by molar-refractivity contribution is 5.99. The second-order valence-corrected chi connectivity index (χ2v) is 6.91. The monoisotopic (exact) mass is 410 g/mol. The highest BCUT2D eigenvalue weighted by Crippen LogP contribution is 2.27. The summed E-state index contributed by atoms with van der Waals surface area (Å²) in [5.74, 6) is -2.27. The molecular weight excluding hydrogens is 387 g/mol. The first kappa shape index (κ1) is 21.0. The minimum Gasteiger partial charge on any atom is -0.368 e. The number of fused-ring (bicyclic) bond motifs is 1. The third kappa shape index (κ3) is 4.29. The van der Waals surface area contributed by atoms with Crippen molar-refractivity contribution in [1.29, 1.82) is 0 Å². The van der Waals surface area contributed by atoms with E-state index < -0.39 is 23.7 Å². The van der Waals surface area contributed by atoms with Crippen molar-refractivity contribution in [3.05, 3.63) is 54.0 Å². The summed E-state index contributed by atoms with van der Waals surface area (Å²) in [6, 6.07) is 9.60. The van der Waals surface area contributed by atoms with Gasteiger partial charge >= 0.3 is 0 Å². The third-order valence-electron chi connectivity index (χ3n) is 4.77. The summed E-state index contributed by atoms with van der Waals surface area (Å²) in [7, 11) is 1.53. The van der Waals surface area contributed by atoms with E-state index >= 15 is 0 Å². The van der Waals surface area contributed by atoms with Crippen LogP contribution in [0.15, 0.2) is 42.6 Å². The van der Waals surface area contributed by atoms with Crippen LogP contribution in [-0.4, -0.2) is 34.9 Å². The fourth-order valence-electron chi connectivity index (χ4n) is 3.23. The topological polar surface area (TPSA) is 127 Å². The van der Waals surface area contributed by atoms with Gasteiger partial charge in [0.05, 0.1) is 23.0 Å². The largest absolute Gasteiger partial charge is 0.368 e. The van der Waals surface area contributed by atoms with Crippen LogP contribution in [0.2, 0.25) is 0 Å². The number of amides is 2. The predicted octanol–water partition coefficient (Wildman–Crippen LogP) is 2.70. The third-order valence-corrected chi connectivity index (χ3v) is 4.77. The Bertz CT molecular complexity index is 1100. The van der Waals surface area contributed by atoms with E-state index in [0.29, 0.717) is 18.5 Å². The molecule has 1 unspecified atom stereocenters. The lowest BCUT2D eigenvalue weighted by atomic mass is 10.1.